The van der Waals surface area contributed by atoms with Crippen LogP contribution in [0.4, 0.5) is 5.69 Å². The first-order chi connectivity index (χ1) is 14.1. The largest absolute Gasteiger partial charge is 0.489 e. The van der Waals surface area contributed by atoms with Crippen molar-refractivity contribution in [2.75, 3.05) is 24.6 Å². The first-order valence-corrected chi connectivity index (χ1v) is 9.80. The number of hydrogen-bond acceptors (Lipinski definition) is 4. The molecule has 0 amide bonds. The van der Waals surface area contributed by atoms with Gasteiger partial charge in [-0.2, -0.15) is 5.26 Å². The van der Waals surface area contributed by atoms with Gasteiger partial charge in [-0.1, -0.05) is 18.7 Å². The molecule has 1 aromatic heterocycles. The molecule has 2 aromatic carbocycles. The highest BCUT2D eigenvalue weighted by atomic mass is 16.5. The molecule has 148 valence electrons. The molecule has 3 rings (SSSR count). The summed E-state index contributed by atoms with van der Waals surface area (Å²) >= 11 is 0. The van der Waals surface area contributed by atoms with Crippen LogP contribution in [0.25, 0.3) is 22.7 Å². The molecule has 0 radical (unpaired) electrons. The van der Waals surface area contributed by atoms with Gasteiger partial charge in [-0.3, -0.25) is 0 Å². The van der Waals surface area contributed by atoms with Gasteiger partial charge in [-0.15, -0.1) is 0 Å². The van der Waals surface area contributed by atoms with Crippen LogP contribution in [0.15, 0.2) is 49.1 Å². The molecule has 1 N–H and O–H groups in total. The van der Waals surface area contributed by atoms with E-state index in [-0.39, 0.29) is 0 Å². The molecule has 0 saturated carbocycles. The van der Waals surface area contributed by atoms with Gasteiger partial charge in [0, 0.05) is 30.4 Å². The lowest BCUT2D eigenvalue weighted by Gasteiger charge is -2.22. The fourth-order valence-electron chi connectivity index (χ4n) is 3.26. The third kappa shape index (κ3) is 4.49. The number of nitrogens with zero attached hydrogens (tertiary/aromatic N) is 3. The second-order valence-electron chi connectivity index (χ2n) is 6.77. The third-order valence-corrected chi connectivity index (χ3v) is 4.80. The van der Waals surface area contributed by atoms with Crippen molar-refractivity contribution in [3.05, 3.63) is 66.0 Å². The summed E-state index contributed by atoms with van der Waals surface area (Å²) < 4.78 is 5.89. The Labute approximate surface area is 172 Å². The lowest BCUT2D eigenvalue weighted by molar-refractivity contribution is 0.362. The van der Waals surface area contributed by atoms with Crippen molar-refractivity contribution < 1.29 is 4.74 Å². The van der Waals surface area contributed by atoms with Crippen molar-refractivity contribution >= 4 is 28.4 Å². The Bertz CT molecular complexity index is 1080. The maximum Gasteiger partial charge on any atom is 0.149 e. The Morgan fingerprint density at radius 1 is 1.24 bits per heavy atom. The lowest BCUT2D eigenvalue weighted by atomic mass is 10.1. The molecule has 0 unspecified atom stereocenters. The van der Waals surface area contributed by atoms with E-state index in [9.17, 15) is 5.26 Å². The van der Waals surface area contributed by atoms with Crippen LogP contribution in [-0.4, -0.2) is 29.7 Å². The average molecular weight is 386 g/mol. The number of imidazole rings is 1. The zero-order valence-electron chi connectivity index (χ0n) is 17.2. The van der Waals surface area contributed by atoms with Crippen LogP contribution in [0.3, 0.4) is 0 Å². The predicted octanol–water partition coefficient (Wildman–Crippen LogP) is 5.35. The number of allylic oxidation sites excluding steroid dienone is 1. The highest BCUT2D eigenvalue weighted by Gasteiger charge is 2.12. The number of benzene rings is 2. The Morgan fingerprint density at radius 2 is 2.03 bits per heavy atom. The Morgan fingerprint density at radius 3 is 2.72 bits per heavy atom. The highest BCUT2D eigenvalue weighted by Crippen LogP contribution is 2.29. The van der Waals surface area contributed by atoms with Crippen LogP contribution in [0.5, 0.6) is 5.75 Å². The number of nitrogens with one attached hydrogen (secondary N) is 1. The van der Waals surface area contributed by atoms with Crippen molar-refractivity contribution in [1.29, 1.82) is 5.26 Å². The molecule has 0 aliphatic carbocycles. The monoisotopic (exact) mass is 386 g/mol. The summed E-state index contributed by atoms with van der Waals surface area (Å²) in [4.78, 5) is 10.1. The minimum Gasteiger partial charge on any atom is -0.489 e. The van der Waals surface area contributed by atoms with Gasteiger partial charge in [0.15, 0.2) is 0 Å². The van der Waals surface area contributed by atoms with E-state index in [1.807, 2.05) is 43.3 Å². The maximum atomic E-state index is 9.76. The van der Waals surface area contributed by atoms with Gasteiger partial charge >= 0.3 is 0 Å². The van der Waals surface area contributed by atoms with Gasteiger partial charge in [0.1, 0.15) is 24.3 Å². The van der Waals surface area contributed by atoms with Crippen LogP contribution in [-0.2, 0) is 0 Å². The van der Waals surface area contributed by atoms with Crippen LogP contribution in [0.1, 0.15) is 30.8 Å². The van der Waals surface area contributed by atoms with Crippen molar-refractivity contribution in [3.8, 4) is 11.8 Å². The summed E-state index contributed by atoms with van der Waals surface area (Å²) in [5.41, 5.74) is 5.27. The summed E-state index contributed by atoms with van der Waals surface area (Å²) in [5.74, 6) is 1.27. The van der Waals surface area contributed by atoms with Crippen LogP contribution in [0.2, 0.25) is 0 Å². The Balaban J connectivity index is 2.04. The average Bonchev–Trinajstić information content (AvgIpc) is 3.15. The molecule has 0 bridgehead atoms. The van der Waals surface area contributed by atoms with E-state index in [1.54, 1.807) is 6.08 Å². The van der Waals surface area contributed by atoms with Gasteiger partial charge in [0.2, 0.25) is 0 Å². The van der Waals surface area contributed by atoms with Crippen LogP contribution >= 0.6 is 0 Å². The molecule has 0 aliphatic heterocycles. The number of aromatic nitrogens is 2. The normalized spacial score (nSPS) is 11.3. The molecule has 5 nitrogen and oxygen atoms in total. The molecule has 0 aliphatic rings. The predicted molar refractivity (Wildman–Crippen MR) is 120 cm³/mol. The molecule has 0 spiro atoms. The number of aryl methyl sites for hydroxylation is 1. The second kappa shape index (κ2) is 9.11. The minimum atomic E-state index is 0.397. The second-order valence-corrected chi connectivity index (χ2v) is 6.77. The SMILES string of the molecule is C=CCOc1cc(N(CC)CC)ccc1C=C(C#N)c1nc2ccc(C)cc2[nH]1. The number of nitriles is 1. The summed E-state index contributed by atoms with van der Waals surface area (Å²) in [6, 6.07) is 14.3. The van der Waals surface area contributed by atoms with Gasteiger partial charge in [0.25, 0.3) is 0 Å². The third-order valence-electron chi connectivity index (χ3n) is 4.80. The van der Waals surface area contributed by atoms with Crippen molar-refractivity contribution in [2.24, 2.45) is 0 Å². The van der Waals surface area contributed by atoms with Gasteiger partial charge in [-0.05, 0) is 56.7 Å². The van der Waals surface area contributed by atoms with Crippen molar-refractivity contribution in [2.45, 2.75) is 20.8 Å². The molecule has 0 fully saturated rings. The number of ether oxygens (including phenoxy) is 1. The minimum absolute atomic E-state index is 0.397. The molecular weight excluding hydrogens is 360 g/mol. The standard InChI is InChI=1S/C24H26N4O/c1-5-12-29-23-15-20(28(6-2)7-3)10-9-18(23)14-19(16-25)24-26-21-11-8-17(4)13-22(21)27-24/h5,8-11,13-15H,1,6-7,12H2,2-4H3,(H,26,27). The number of fused-ring (bicyclic) bond motifs is 1. The summed E-state index contributed by atoms with van der Waals surface area (Å²) in [6.07, 6.45) is 3.53. The van der Waals surface area contributed by atoms with Gasteiger partial charge in [0.05, 0.1) is 16.6 Å². The first-order valence-electron chi connectivity index (χ1n) is 9.80. The first kappa shape index (κ1) is 20.2. The van der Waals surface area contributed by atoms with Crippen molar-refractivity contribution in [1.82, 2.24) is 9.97 Å². The summed E-state index contributed by atoms with van der Waals surface area (Å²) in [6.45, 7) is 12.2. The Kier molecular flexibility index (Phi) is 6.36. The molecule has 3 aromatic rings. The summed E-state index contributed by atoms with van der Waals surface area (Å²) in [7, 11) is 0. The molecule has 1 heterocycles. The maximum absolute atomic E-state index is 9.76. The zero-order chi connectivity index (χ0) is 20.8. The zero-order valence-corrected chi connectivity index (χ0v) is 17.2. The molecule has 5 heteroatoms. The molecular formula is C24H26N4O. The number of rotatable bonds is 8. The van der Waals surface area contributed by atoms with Gasteiger partial charge in [-0.25, -0.2) is 4.98 Å². The smallest absolute Gasteiger partial charge is 0.149 e. The van der Waals surface area contributed by atoms with E-state index >= 15 is 0 Å². The van der Waals surface area contributed by atoms with Crippen LogP contribution in [0, 0.1) is 18.3 Å². The lowest BCUT2D eigenvalue weighted by Crippen LogP contribution is -2.21. The van der Waals surface area contributed by atoms with E-state index in [0.29, 0.717) is 23.8 Å². The van der Waals surface area contributed by atoms with E-state index in [1.165, 1.54) is 0 Å². The fraction of sp³-hybridized carbons (Fsp3) is 0.250. The number of hydrogen-bond donors (Lipinski definition) is 1. The number of aromatic amines is 1. The number of anilines is 1. The quantitative estimate of drug-likeness (QED) is 0.419. The topological polar surface area (TPSA) is 64.9 Å². The Hall–Kier alpha value is -3.52. The van der Waals surface area contributed by atoms with E-state index in [2.05, 4.69) is 47.4 Å². The number of H-pyrrole nitrogens is 1. The van der Waals surface area contributed by atoms with E-state index < -0.39 is 0 Å². The van der Waals surface area contributed by atoms with E-state index in [0.717, 1.165) is 40.9 Å². The fourth-order valence-corrected chi connectivity index (χ4v) is 3.26. The molecule has 0 atom stereocenters. The highest BCUT2D eigenvalue weighted by molar-refractivity contribution is 5.91. The molecule has 0 saturated heterocycles. The van der Waals surface area contributed by atoms with E-state index in [4.69, 9.17) is 4.74 Å². The van der Waals surface area contributed by atoms with Crippen LogP contribution < -0.4 is 9.64 Å². The molecule has 29 heavy (non-hydrogen) atoms. The van der Waals surface area contributed by atoms with Crippen molar-refractivity contribution in [3.63, 3.8) is 0 Å². The van der Waals surface area contributed by atoms with Gasteiger partial charge < -0.3 is 14.6 Å². The summed E-state index contributed by atoms with van der Waals surface area (Å²) in [5, 5.41) is 9.76.